The summed E-state index contributed by atoms with van der Waals surface area (Å²) in [5.41, 5.74) is 1.27. The fourth-order valence-corrected chi connectivity index (χ4v) is 4.58. The van der Waals surface area contributed by atoms with Crippen molar-refractivity contribution in [2.75, 3.05) is 34.1 Å². The molecule has 0 aromatic heterocycles. The fraction of sp³-hybridized carbons (Fsp3) is 0.375. The van der Waals surface area contributed by atoms with Crippen molar-refractivity contribution in [2.24, 2.45) is 0 Å². The Labute approximate surface area is 196 Å². The minimum absolute atomic E-state index is 0.105. The lowest BCUT2D eigenvalue weighted by Crippen LogP contribution is -2.45. The Hall–Kier alpha value is -3.95. The molecule has 34 heavy (non-hydrogen) atoms. The number of hydrogen-bond donors (Lipinski definition) is 1. The van der Waals surface area contributed by atoms with E-state index in [1.807, 2.05) is 12.1 Å². The van der Waals surface area contributed by atoms with Crippen LogP contribution in [0.4, 0.5) is 4.79 Å². The standard InChI is InChI=1S/C24H25N3O7/c1-24(16-4-5-17-20(10-16)34-13-33-17)22(29)27(23(30)25-24)12-21(28)26-7-6-14-8-18(31-2)19(32-3)9-15(14)11-26/h4-5,8-10H,6-7,11-13H2,1-3H3,(H,25,30)/t24-/m0/s1. The zero-order valence-corrected chi connectivity index (χ0v) is 19.2. The highest BCUT2D eigenvalue weighted by atomic mass is 16.7. The van der Waals surface area contributed by atoms with Crippen LogP contribution in [0.15, 0.2) is 30.3 Å². The van der Waals surface area contributed by atoms with E-state index in [4.69, 9.17) is 18.9 Å². The van der Waals surface area contributed by atoms with Crippen LogP contribution in [0.2, 0.25) is 0 Å². The molecule has 0 aliphatic carbocycles. The molecular formula is C24H25N3O7. The van der Waals surface area contributed by atoms with Crippen molar-refractivity contribution in [3.8, 4) is 23.0 Å². The summed E-state index contributed by atoms with van der Waals surface area (Å²) in [6.07, 6.45) is 0.635. The second-order valence-electron chi connectivity index (χ2n) is 8.56. The Bertz CT molecular complexity index is 1200. The number of rotatable bonds is 5. The second kappa shape index (κ2) is 8.12. The van der Waals surface area contributed by atoms with E-state index in [-0.39, 0.29) is 19.2 Å². The predicted molar refractivity (Wildman–Crippen MR) is 119 cm³/mol. The molecule has 1 atom stereocenters. The van der Waals surface area contributed by atoms with Crippen LogP contribution >= 0.6 is 0 Å². The van der Waals surface area contributed by atoms with Crippen LogP contribution in [-0.2, 0) is 28.1 Å². The minimum atomic E-state index is -1.31. The Balaban J connectivity index is 1.31. The predicted octanol–water partition coefficient (Wildman–Crippen LogP) is 1.78. The monoisotopic (exact) mass is 467 g/mol. The number of benzene rings is 2. The van der Waals surface area contributed by atoms with Gasteiger partial charge in [0.2, 0.25) is 12.7 Å². The molecule has 3 aliphatic rings. The highest BCUT2D eigenvalue weighted by Crippen LogP contribution is 2.38. The van der Waals surface area contributed by atoms with Crippen LogP contribution in [0.5, 0.6) is 23.0 Å². The molecule has 5 rings (SSSR count). The molecule has 10 nitrogen and oxygen atoms in total. The van der Waals surface area contributed by atoms with E-state index < -0.39 is 17.5 Å². The van der Waals surface area contributed by atoms with Gasteiger partial charge in [0.1, 0.15) is 12.1 Å². The lowest BCUT2D eigenvalue weighted by atomic mass is 9.91. The van der Waals surface area contributed by atoms with Gasteiger partial charge in [0, 0.05) is 13.1 Å². The van der Waals surface area contributed by atoms with Crippen molar-refractivity contribution in [1.82, 2.24) is 15.1 Å². The normalized spacial score (nSPS) is 20.8. The number of methoxy groups -OCH3 is 2. The molecule has 178 valence electrons. The largest absolute Gasteiger partial charge is 0.493 e. The number of urea groups is 1. The maximum atomic E-state index is 13.3. The molecule has 1 N–H and O–H groups in total. The summed E-state index contributed by atoms with van der Waals surface area (Å²) in [6.45, 7) is 2.22. The Morgan fingerprint density at radius 2 is 1.76 bits per heavy atom. The molecule has 1 saturated heterocycles. The Morgan fingerprint density at radius 1 is 1.06 bits per heavy atom. The zero-order chi connectivity index (χ0) is 24.0. The number of hydrogen-bond acceptors (Lipinski definition) is 7. The summed E-state index contributed by atoms with van der Waals surface area (Å²) in [5.74, 6) is 1.52. The molecule has 2 aromatic rings. The Morgan fingerprint density at radius 3 is 2.50 bits per heavy atom. The number of carbonyl (C=O) groups excluding carboxylic acids is 3. The number of fused-ring (bicyclic) bond motifs is 2. The number of nitrogens with one attached hydrogen (secondary N) is 1. The van der Waals surface area contributed by atoms with Crippen molar-refractivity contribution >= 4 is 17.8 Å². The first-order valence-corrected chi connectivity index (χ1v) is 10.9. The molecular weight excluding hydrogens is 442 g/mol. The van der Waals surface area contributed by atoms with Crippen molar-refractivity contribution in [2.45, 2.75) is 25.4 Å². The third-order valence-electron chi connectivity index (χ3n) is 6.59. The lowest BCUT2D eigenvalue weighted by molar-refractivity contribution is -0.139. The van der Waals surface area contributed by atoms with E-state index in [9.17, 15) is 14.4 Å². The van der Waals surface area contributed by atoms with Gasteiger partial charge >= 0.3 is 6.03 Å². The van der Waals surface area contributed by atoms with E-state index in [2.05, 4.69) is 5.32 Å². The van der Waals surface area contributed by atoms with Gasteiger partial charge in [-0.05, 0) is 54.3 Å². The van der Waals surface area contributed by atoms with Crippen LogP contribution in [-0.4, -0.2) is 61.7 Å². The summed E-state index contributed by atoms with van der Waals surface area (Å²) in [6, 6.07) is 8.25. The molecule has 0 unspecified atom stereocenters. The summed E-state index contributed by atoms with van der Waals surface area (Å²) < 4.78 is 21.5. The summed E-state index contributed by atoms with van der Waals surface area (Å²) >= 11 is 0. The molecule has 0 saturated carbocycles. The number of ether oxygens (including phenoxy) is 4. The van der Waals surface area contributed by atoms with Gasteiger partial charge in [-0.2, -0.15) is 0 Å². The van der Waals surface area contributed by atoms with Gasteiger partial charge < -0.3 is 29.2 Å². The van der Waals surface area contributed by atoms with E-state index in [0.29, 0.717) is 48.1 Å². The van der Waals surface area contributed by atoms with Crippen molar-refractivity contribution < 1.29 is 33.3 Å². The molecule has 1 fully saturated rings. The van der Waals surface area contributed by atoms with Gasteiger partial charge in [0.05, 0.1) is 14.2 Å². The lowest BCUT2D eigenvalue weighted by Gasteiger charge is -2.30. The summed E-state index contributed by atoms with van der Waals surface area (Å²) in [5, 5.41) is 2.73. The van der Waals surface area contributed by atoms with E-state index in [1.54, 1.807) is 44.2 Å². The first-order chi connectivity index (χ1) is 16.3. The SMILES string of the molecule is COc1cc2c(cc1OC)CN(C(=O)CN1C(=O)N[C@@](C)(c3ccc4c(c3)OCO4)C1=O)CC2. The van der Waals surface area contributed by atoms with Gasteiger partial charge in [-0.25, -0.2) is 4.79 Å². The molecule has 0 radical (unpaired) electrons. The summed E-state index contributed by atoms with van der Waals surface area (Å²) in [4.78, 5) is 41.7. The van der Waals surface area contributed by atoms with E-state index >= 15 is 0 Å². The molecule has 0 bridgehead atoms. The van der Waals surface area contributed by atoms with Crippen LogP contribution in [0.25, 0.3) is 0 Å². The third-order valence-corrected chi connectivity index (χ3v) is 6.59. The van der Waals surface area contributed by atoms with Gasteiger partial charge in [-0.15, -0.1) is 0 Å². The maximum absolute atomic E-state index is 13.3. The van der Waals surface area contributed by atoms with Gasteiger partial charge in [-0.1, -0.05) is 6.07 Å². The van der Waals surface area contributed by atoms with Crippen LogP contribution < -0.4 is 24.3 Å². The topological polar surface area (TPSA) is 107 Å². The first kappa shape index (κ1) is 21.9. The van der Waals surface area contributed by atoms with Gasteiger partial charge in [0.15, 0.2) is 23.0 Å². The highest BCUT2D eigenvalue weighted by molar-refractivity contribution is 6.09. The highest BCUT2D eigenvalue weighted by Gasteiger charge is 2.50. The average Bonchev–Trinajstić information content (AvgIpc) is 3.40. The molecule has 3 heterocycles. The Kier molecular flexibility index (Phi) is 5.22. The fourth-order valence-electron chi connectivity index (χ4n) is 4.58. The van der Waals surface area contributed by atoms with Crippen LogP contribution in [0.3, 0.4) is 0 Å². The van der Waals surface area contributed by atoms with Gasteiger partial charge in [-0.3, -0.25) is 14.5 Å². The van der Waals surface area contributed by atoms with Crippen molar-refractivity contribution in [1.29, 1.82) is 0 Å². The van der Waals surface area contributed by atoms with Crippen LogP contribution in [0.1, 0.15) is 23.6 Å². The second-order valence-corrected chi connectivity index (χ2v) is 8.56. The molecule has 3 aliphatic heterocycles. The van der Waals surface area contributed by atoms with Crippen molar-refractivity contribution in [3.05, 3.63) is 47.0 Å². The number of carbonyl (C=O) groups is 3. The van der Waals surface area contributed by atoms with Gasteiger partial charge in [0.25, 0.3) is 5.91 Å². The first-order valence-electron chi connectivity index (χ1n) is 10.9. The van der Waals surface area contributed by atoms with E-state index in [1.165, 1.54) is 0 Å². The molecule has 10 heteroatoms. The maximum Gasteiger partial charge on any atom is 0.325 e. The number of nitrogens with zero attached hydrogens (tertiary/aromatic N) is 2. The number of imide groups is 1. The minimum Gasteiger partial charge on any atom is -0.493 e. The van der Waals surface area contributed by atoms with Crippen LogP contribution in [0, 0.1) is 0 Å². The molecule has 0 spiro atoms. The quantitative estimate of drug-likeness (QED) is 0.668. The third kappa shape index (κ3) is 3.46. The molecule has 4 amide bonds. The number of amides is 4. The average molecular weight is 467 g/mol. The smallest absolute Gasteiger partial charge is 0.325 e. The summed E-state index contributed by atoms with van der Waals surface area (Å²) in [7, 11) is 3.14. The van der Waals surface area contributed by atoms with E-state index in [0.717, 1.165) is 16.0 Å². The molecule has 2 aromatic carbocycles. The van der Waals surface area contributed by atoms with Crippen molar-refractivity contribution in [3.63, 3.8) is 0 Å². The zero-order valence-electron chi connectivity index (χ0n) is 19.2.